The first-order chi connectivity index (χ1) is 8.64. The van der Waals surface area contributed by atoms with Gasteiger partial charge in [-0.3, -0.25) is 0 Å². The number of hydrogen-bond donors (Lipinski definition) is 0. The van der Waals surface area contributed by atoms with Crippen molar-refractivity contribution in [2.75, 3.05) is 0 Å². The Balaban J connectivity index is 2.10. The van der Waals surface area contributed by atoms with Crippen molar-refractivity contribution >= 4 is 39.0 Å². The molecular weight excluding hydrogens is 264 g/mol. The summed E-state index contributed by atoms with van der Waals surface area (Å²) in [5.41, 5.74) is 2.38. The lowest BCUT2D eigenvalue weighted by atomic mass is 10.00. The van der Waals surface area contributed by atoms with Gasteiger partial charge >= 0.3 is 0 Å². The van der Waals surface area contributed by atoms with Crippen molar-refractivity contribution in [3.8, 4) is 0 Å². The van der Waals surface area contributed by atoms with E-state index in [0.29, 0.717) is 4.75 Å². The van der Waals surface area contributed by atoms with Gasteiger partial charge in [-0.05, 0) is 12.0 Å². The fourth-order valence-corrected chi connectivity index (χ4v) is 4.78. The van der Waals surface area contributed by atoms with E-state index in [0.717, 1.165) is 22.7 Å². The summed E-state index contributed by atoms with van der Waals surface area (Å²) in [6.07, 6.45) is 4.44. The summed E-state index contributed by atoms with van der Waals surface area (Å²) in [5.74, 6) is 1.09. The fourth-order valence-electron chi connectivity index (χ4n) is 2.48. The molecule has 4 rings (SSSR count). The van der Waals surface area contributed by atoms with Crippen LogP contribution in [0.5, 0.6) is 0 Å². The Bertz CT molecular complexity index is 756. The minimum Gasteiger partial charge on any atom is -0.225 e. The third-order valence-corrected chi connectivity index (χ3v) is 6.03. The van der Waals surface area contributed by atoms with Crippen molar-refractivity contribution in [3.05, 3.63) is 23.1 Å². The molecule has 0 N–H and O–H groups in total. The van der Waals surface area contributed by atoms with Gasteiger partial charge in [0, 0.05) is 15.4 Å². The van der Waals surface area contributed by atoms with Gasteiger partial charge < -0.3 is 0 Å². The van der Waals surface area contributed by atoms with Gasteiger partial charge in [0.15, 0.2) is 5.65 Å². The zero-order chi connectivity index (χ0) is 12.3. The number of aromatic nitrogens is 4. The standard InChI is InChI=1S/C12H12N4S2/c1-12(2)3-7-8(4-17-12)18-11-9(7)10-13-5-15-16(10)6-14-11/h5-6H,3-4H2,1-2H3. The molecular formula is C12H12N4S2. The maximum Gasteiger partial charge on any atom is 0.167 e. The number of hydrogen-bond acceptors (Lipinski definition) is 5. The van der Waals surface area contributed by atoms with E-state index in [9.17, 15) is 0 Å². The van der Waals surface area contributed by atoms with Crippen LogP contribution in [0.2, 0.25) is 0 Å². The highest BCUT2D eigenvalue weighted by Gasteiger charge is 2.30. The largest absolute Gasteiger partial charge is 0.225 e. The molecule has 92 valence electrons. The summed E-state index contributed by atoms with van der Waals surface area (Å²) in [6.45, 7) is 4.61. The maximum atomic E-state index is 4.50. The van der Waals surface area contributed by atoms with Crippen LogP contribution in [-0.4, -0.2) is 24.3 Å². The summed E-state index contributed by atoms with van der Waals surface area (Å²) >= 11 is 3.83. The van der Waals surface area contributed by atoms with Crippen molar-refractivity contribution in [1.29, 1.82) is 0 Å². The van der Waals surface area contributed by atoms with Crippen LogP contribution in [0.4, 0.5) is 0 Å². The summed E-state index contributed by atoms with van der Waals surface area (Å²) in [5, 5.41) is 5.39. The SMILES string of the molecule is CC1(C)Cc2c(sc3ncn4ncnc4c23)CS1. The van der Waals surface area contributed by atoms with Crippen LogP contribution in [0.1, 0.15) is 24.3 Å². The number of fused-ring (bicyclic) bond motifs is 5. The van der Waals surface area contributed by atoms with Gasteiger partial charge in [0.1, 0.15) is 17.5 Å². The van der Waals surface area contributed by atoms with E-state index in [2.05, 4.69) is 28.9 Å². The van der Waals surface area contributed by atoms with Gasteiger partial charge in [0.2, 0.25) is 0 Å². The molecule has 0 spiro atoms. The van der Waals surface area contributed by atoms with Crippen LogP contribution >= 0.6 is 23.1 Å². The predicted molar refractivity (Wildman–Crippen MR) is 75.2 cm³/mol. The van der Waals surface area contributed by atoms with Crippen LogP contribution in [0.15, 0.2) is 12.7 Å². The molecule has 6 heteroatoms. The fraction of sp³-hybridized carbons (Fsp3) is 0.417. The highest BCUT2D eigenvalue weighted by Crippen LogP contribution is 2.45. The zero-order valence-electron chi connectivity index (χ0n) is 10.2. The average molecular weight is 276 g/mol. The summed E-state index contributed by atoms with van der Waals surface area (Å²) in [4.78, 5) is 11.4. The highest BCUT2D eigenvalue weighted by molar-refractivity contribution is 8.00. The van der Waals surface area contributed by atoms with E-state index in [1.165, 1.54) is 15.8 Å². The molecule has 4 heterocycles. The van der Waals surface area contributed by atoms with Crippen molar-refractivity contribution < 1.29 is 0 Å². The predicted octanol–water partition coefficient (Wildman–Crippen LogP) is 2.91. The molecule has 0 aliphatic carbocycles. The molecule has 0 fully saturated rings. The summed E-state index contributed by atoms with van der Waals surface area (Å²) in [7, 11) is 0. The van der Waals surface area contributed by atoms with E-state index in [4.69, 9.17) is 0 Å². The molecule has 3 aromatic heterocycles. The van der Waals surface area contributed by atoms with E-state index < -0.39 is 0 Å². The maximum absolute atomic E-state index is 4.50. The van der Waals surface area contributed by atoms with Gasteiger partial charge in [-0.25, -0.2) is 14.5 Å². The average Bonchev–Trinajstić information content (AvgIpc) is 2.89. The molecule has 4 nitrogen and oxygen atoms in total. The minimum atomic E-state index is 0.299. The Hall–Kier alpha value is -1.14. The second-order valence-corrected chi connectivity index (χ2v) is 7.95. The third-order valence-electron chi connectivity index (χ3n) is 3.35. The Morgan fingerprint density at radius 1 is 1.33 bits per heavy atom. The second kappa shape index (κ2) is 3.45. The van der Waals surface area contributed by atoms with E-state index in [1.807, 2.05) is 11.8 Å². The molecule has 0 bridgehead atoms. The lowest BCUT2D eigenvalue weighted by molar-refractivity contribution is 0.700. The summed E-state index contributed by atoms with van der Waals surface area (Å²) < 4.78 is 2.07. The molecule has 3 aromatic rings. The van der Waals surface area contributed by atoms with Crippen molar-refractivity contribution in [2.24, 2.45) is 0 Å². The third kappa shape index (κ3) is 1.42. The minimum absolute atomic E-state index is 0.299. The van der Waals surface area contributed by atoms with Gasteiger partial charge in [-0.15, -0.1) is 23.1 Å². The molecule has 0 amide bonds. The van der Waals surface area contributed by atoms with Crippen molar-refractivity contribution in [1.82, 2.24) is 19.6 Å². The van der Waals surface area contributed by atoms with Crippen molar-refractivity contribution in [2.45, 2.75) is 30.8 Å². The molecule has 0 saturated carbocycles. The molecule has 0 aromatic carbocycles. The smallest absolute Gasteiger partial charge is 0.167 e. The molecule has 18 heavy (non-hydrogen) atoms. The Labute approximate surface area is 112 Å². The van der Waals surface area contributed by atoms with Gasteiger partial charge in [0.25, 0.3) is 0 Å². The Morgan fingerprint density at radius 2 is 2.22 bits per heavy atom. The Kier molecular flexibility index (Phi) is 2.06. The van der Waals surface area contributed by atoms with Crippen molar-refractivity contribution in [3.63, 3.8) is 0 Å². The molecule has 0 atom stereocenters. The lowest BCUT2D eigenvalue weighted by Crippen LogP contribution is -2.22. The lowest BCUT2D eigenvalue weighted by Gasteiger charge is -2.28. The molecule has 0 saturated heterocycles. The summed E-state index contributed by atoms with van der Waals surface area (Å²) in [6, 6.07) is 0. The van der Waals surface area contributed by atoms with Crippen LogP contribution in [0.3, 0.4) is 0 Å². The number of thioether (sulfide) groups is 1. The first-order valence-electron chi connectivity index (χ1n) is 5.87. The topological polar surface area (TPSA) is 43.1 Å². The van der Waals surface area contributed by atoms with E-state index in [1.54, 1.807) is 28.5 Å². The van der Waals surface area contributed by atoms with Gasteiger partial charge in [-0.1, -0.05) is 13.8 Å². The van der Waals surface area contributed by atoms with Gasteiger partial charge in [-0.2, -0.15) is 5.10 Å². The van der Waals surface area contributed by atoms with Crippen LogP contribution in [0.25, 0.3) is 15.9 Å². The quantitative estimate of drug-likeness (QED) is 0.633. The highest BCUT2D eigenvalue weighted by atomic mass is 32.2. The van der Waals surface area contributed by atoms with Crippen LogP contribution in [0, 0.1) is 0 Å². The van der Waals surface area contributed by atoms with Crippen LogP contribution in [-0.2, 0) is 12.2 Å². The Morgan fingerprint density at radius 3 is 3.11 bits per heavy atom. The van der Waals surface area contributed by atoms with E-state index in [-0.39, 0.29) is 0 Å². The second-order valence-electron chi connectivity index (χ2n) is 5.18. The normalized spacial score (nSPS) is 18.3. The van der Waals surface area contributed by atoms with Gasteiger partial charge in [0.05, 0.1) is 5.39 Å². The van der Waals surface area contributed by atoms with E-state index >= 15 is 0 Å². The molecule has 0 radical (unpaired) electrons. The number of nitrogens with zero attached hydrogens (tertiary/aromatic N) is 4. The molecule has 0 unspecified atom stereocenters. The number of rotatable bonds is 0. The monoisotopic (exact) mass is 276 g/mol. The first kappa shape index (κ1) is 10.8. The molecule has 1 aliphatic rings. The van der Waals surface area contributed by atoms with Crippen LogP contribution < -0.4 is 0 Å². The molecule has 1 aliphatic heterocycles. The first-order valence-corrected chi connectivity index (χ1v) is 7.67. The number of thiophene rings is 1. The zero-order valence-corrected chi connectivity index (χ0v) is 11.8.